The molecule has 1 aromatic rings. The Labute approximate surface area is 156 Å². The van der Waals surface area contributed by atoms with Crippen LogP contribution in [0.1, 0.15) is 45.1 Å². The largest absolute Gasteiger partial charge is 0.373 e. The van der Waals surface area contributed by atoms with Gasteiger partial charge in [-0.25, -0.2) is 4.99 Å². The van der Waals surface area contributed by atoms with Crippen LogP contribution in [0.4, 0.5) is 0 Å². The van der Waals surface area contributed by atoms with Crippen LogP contribution in [0.25, 0.3) is 0 Å². The van der Waals surface area contributed by atoms with Crippen molar-refractivity contribution in [2.45, 2.75) is 65.8 Å². The molecule has 0 amide bonds. The second-order valence-corrected chi connectivity index (χ2v) is 8.55. The van der Waals surface area contributed by atoms with Gasteiger partial charge in [0.25, 0.3) is 0 Å². The van der Waals surface area contributed by atoms with Gasteiger partial charge < -0.3 is 15.4 Å². The van der Waals surface area contributed by atoms with Gasteiger partial charge in [0, 0.05) is 36.6 Å². The molecule has 0 bridgehead atoms. The molecular formula is C19H34N4OS. The predicted molar refractivity (Wildman–Crippen MR) is 108 cm³/mol. The van der Waals surface area contributed by atoms with Gasteiger partial charge in [-0.2, -0.15) is 0 Å². The van der Waals surface area contributed by atoms with E-state index in [1.54, 1.807) is 11.3 Å². The zero-order valence-corrected chi connectivity index (χ0v) is 17.4. The molecule has 2 atom stereocenters. The third kappa shape index (κ3) is 5.97. The lowest BCUT2D eigenvalue weighted by atomic mass is 10.00. The quantitative estimate of drug-likeness (QED) is 0.600. The Hall–Kier alpha value is -1.11. The molecule has 0 saturated carbocycles. The average molecular weight is 367 g/mol. The van der Waals surface area contributed by atoms with Crippen molar-refractivity contribution in [2.75, 3.05) is 26.2 Å². The molecule has 2 heterocycles. The fraction of sp³-hybridized carbons (Fsp3) is 0.737. The molecule has 1 aliphatic heterocycles. The number of ether oxygens (including phenoxy) is 1. The van der Waals surface area contributed by atoms with Crippen LogP contribution < -0.4 is 10.6 Å². The standard InChI is InChI=1S/C19H34N4OS/c1-7-20-18(21-10-17-14(2)8-9-25-17)22-13-19(5,6)23-11-15(3)24-16(4)12-23/h8-9,15-16H,7,10-13H2,1-6H3,(H2,20,21,22). The van der Waals surface area contributed by atoms with Gasteiger partial charge in [0.1, 0.15) is 0 Å². The summed E-state index contributed by atoms with van der Waals surface area (Å²) in [6.07, 6.45) is 0.568. The van der Waals surface area contributed by atoms with Gasteiger partial charge in [-0.15, -0.1) is 11.3 Å². The molecule has 2 rings (SSSR count). The minimum absolute atomic E-state index is 0.0430. The topological polar surface area (TPSA) is 48.9 Å². The highest BCUT2D eigenvalue weighted by Crippen LogP contribution is 2.21. The number of aryl methyl sites for hydroxylation is 1. The Bertz CT molecular complexity index is 560. The molecule has 1 aliphatic rings. The van der Waals surface area contributed by atoms with Crippen LogP contribution in [0.2, 0.25) is 0 Å². The minimum atomic E-state index is 0.0430. The van der Waals surface area contributed by atoms with Gasteiger partial charge in [-0.05, 0) is 58.6 Å². The van der Waals surface area contributed by atoms with Crippen LogP contribution >= 0.6 is 11.3 Å². The molecule has 0 aliphatic carbocycles. The lowest BCUT2D eigenvalue weighted by molar-refractivity contribution is -0.0946. The normalized spacial score (nSPS) is 22.9. The maximum Gasteiger partial charge on any atom is 0.191 e. The number of morpholine rings is 1. The second-order valence-electron chi connectivity index (χ2n) is 7.55. The van der Waals surface area contributed by atoms with Crippen LogP contribution in [0, 0.1) is 6.92 Å². The highest BCUT2D eigenvalue weighted by atomic mass is 32.1. The van der Waals surface area contributed by atoms with Crippen molar-refractivity contribution in [3.8, 4) is 0 Å². The summed E-state index contributed by atoms with van der Waals surface area (Å²) < 4.78 is 5.87. The van der Waals surface area contributed by atoms with E-state index < -0.39 is 0 Å². The van der Waals surface area contributed by atoms with Crippen LogP contribution in [-0.4, -0.2) is 54.8 Å². The summed E-state index contributed by atoms with van der Waals surface area (Å²) in [5.74, 6) is 0.887. The third-order valence-corrected chi connectivity index (χ3v) is 5.67. The molecule has 1 aromatic heterocycles. The summed E-state index contributed by atoms with van der Waals surface area (Å²) in [4.78, 5) is 8.60. The first-order valence-electron chi connectivity index (χ1n) is 9.27. The van der Waals surface area contributed by atoms with Crippen molar-refractivity contribution in [2.24, 2.45) is 4.99 Å². The van der Waals surface area contributed by atoms with Gasteiger partial charge in [0.15, 0.2) is 5.96 Å². The smallest absolute Gasteiger partial charge is 0.191 e. The van der Waals surface area contributed by atoms with E-state index in [2.05, 4.69) is 68.5 Å². The average Bonchev–Trinajstić information content (AvgIpc) is 2.94. The van der Waals surface area contributed by atoms with Crippen molar-refractivity contribution in [3.63, 3.8) is 0 Å². The van der Waals surface area contributed by atoms with Gasteiger partial charge in [0.2, 0.25) is 0 Å². The number of rotatable bonds is 6. The first-order valence-corrected chi connectivity index (χ1v) is 10.2. The van der Waals surface area contributed by atoms with Gasteiger partial charge in [0.05, 0.1) is 18.8 Å². The van der Waals surface area contributed by atoms with Crippen LogP contribution in [-0.2, 0) is 11.3 Å². The lowest BCUT2D eigenvalue weighted by Gasteiger charge is -2.45. The molecule has 1 saturated heterocycles. The molecule has 1 fully saturated rings. The highest BCUT2D eigenvalue weighted by Gasteiger charge is 2.33. The van der Waals surface area contributed by atoms with E-state index in [1.165, 1.54) is 10.4 Å². The Kier molecular flexibility index (Phi) is 7.28. The summed E-state index contributed by atoms with van der Waals surface area (Å²) in [5, 5.41) is 9.02. The lowest BCUT2D eigenvalue weighted by Crippen LogP contribution is -2.59. The zero-order valence-electron chi connectivity index (χ0n) is 16.6. The number of hydrogen-bond acceptors (Lipinski definition) is 4. The summed E-state index contributed by atoms with van der Waals surface area (Å²) in [6, 6.07) is 2.15. The summed E-state index contributed by atoms with van der Waals surface area (Å²) in [7, 11) is 0. The first-order chi connectivity index (χ1) is 11.8. The van der Waals surface area contributed by atoms with E-state index in [4.69, 9.17) is 9.73 Å². The molecule has 2 unspecified atom stereocenters. The summed E-state index contributed by atoms with van der Waals surface area (Å²) in [5.41, 5.74) is 1.36. The second kappa shape index (κ2) is 9.01. The first kappa shape index (κ1) is 20.2. The third-order valence-electron chi connectivity index (χ3n) is 4.66. The van der Waals surface area contributed by atoms with Crippen molar-refractivity contribution in [1.29, 1.82) is 0 Å². The van der Waals surface area contributed by atoms with E-state index in [-0.39, 0.29) is 17.7 Å². The van der Waals surface area contributed by atoms with E-state index in [9.17, 15) is 0 Å². The molecule has 0 radical (unpaired) electrons. The maximum absolute atomic E-state index is 5.87. The fourth-order valence-corrected chi connectivity index (χ4v) is 3.97. The summed E-state index contributed by atoms with van der Waals surface area (Å²) >= 11 is 1.77. The fourth-order valence-electron chi connectivity index (χ4n) is 3.14. The number of nitrogens with one attached hydrogen (secondary N) is 2. The van der Waals surface area contributed by atoms with Gasteiger partial charge in [-0.1, -0.05) is 0 Å². The monoisotopic (exact) mass is 366 g/mol. The van der Waals surface area contributed by atoms with Crippen LogP contribution in [0.5, 0.6) is 0 Å². The van der Waals surface area contributed by atoms with E-state index in [1.807, 2.05) is 0 Å². The van der Waals surface area contributed by atoms with Gasteiger partial charge in [-0.3, -0.25) is 4.90 Å². The molecule has 0 aromatic carbocycles. The highest BCUT2D eigenvalue weighted by molar-refractivity contribution is 7.10. The number of nitrogens with zero attached hydrogens (tertiary/aromatic N) is 2. The molecule has 142 valence electrons. The Balaban J connectivity index is 1.95. The molecule has 5 nitrogen and oxygen atoms in total. The number of thiophene rings is 1. The molecule has 6 heteroatoms. The van der Waals surface area contributed by atoms with Crippen molar-refractivity contribution in [1.82, 2.24) is 15.5 Å². The number of hydrogen-bond donors (Lipinski definition) is 2. The van der Waals surface area contributed by atoms with E-state index in [0.29, 0.717) is 0 Å². The maximum atomic E-state index is 5.87. The van der Waals surface area contributed by atoms with Crippen molar-refractivity contribution >= 4 is 17.3 Å². The number of aliphatic imine (C=N–C) groups is 1. The van der Waals surface area contributed by atoms with Crippen LogP contribution in [0.3, 0.4) is 0 Å². The van der Waals surface area contributed by atoms with Crippen molar-refractivity contribution in [3.05, 3.63) is 21.9 Å². The Morgan fingerprint density at radius 1 is 1.32 bits per heavy atom. The molecule has 2 N–H and O–H groups in total. The van der Waals surface area contributed by atoms with E-state index >= 15 is 0 Å². The summed E-state index contributed by atoms with van der Waals surface area (Å²) in [6.45, 7) is 17.5. The minimum Gasteiger partial charge on any atom is -0.373 e. The zero-order chi connectivity index (χ0) is 18.4. The molecule has 0 spiro atoms. The van der Waals surface area contributed by atoms with Crippen LogP contribution in [0.15, 0.2) is 16.4 Å². The van der Waals surface area contributed by atoms with Gasteiger partial charge >= 0.3 is 0 Å². The SMILES string of the molecule is CCNC(=NCc1sccc1C)NCC(C)(C)N1CC(C)OC(C)C1. The van der Waals surface area contributed by atoms with Crippen molar-refractivity contribution < 1.29 is 4.74 Å². The molecular weight excluding hydrogens is 332 g/mol. The van der Waals surface area contributed by atoms with E-state index in [0.717, 1.165) is 38.7 Å². The Morgan fingerprint density at radius 2 is 2.00 bits per heavy atom. The number of guanidine groups is 1. The molecule has 25 heavy (non-hydrogen) atoms. The Morgan fingerprint density at radius 3 is 2.56 bits per heavy atom. The predicted octanol–water partition coefficient (Wildman–Crippen LogP) is 3.00.